The lowest BCUT2D eigenvalue weighted by Gasteiger charge is -2.20. The standard InChI is InChI=1S/C10H15IN2/c1-10(2,12)7-13-9-6-4-3-5-8(9)11/h3-6,13H,7,12H2,1-2H3. The van der Waals surface area contributed by atoms with Crippen LogP contribution < -0.4 is 11.1 Å². The van der Waals surface area contributed by atoms with E-state index in [4.69, 9.17) is 5.73 Å². The number of anilines is 1. The average Bonchev–Trinajstić information content (AvgIpc) is 2.01. The molecule has 1 aromatic carbocycles. The summed E-state index contributed by atoms with van der Waals surface area (Å²) in [6.45, 7) is 4.80. The average molecular weight is 290 g/mol. The van der Waals surface area contributed by atoms with Gasteiger partial charge >= 0.3 is 0 Å². The molecule has 0 heterocycles. The van der Waals surface area contributed by atoms with Crippen molar-refractivity contribution in [1.29, 1.82) is 0 Å². The fourth-order valence-electron chi connectivity index (χ4n) is 0.928. The topological polar surface area (TPSA) is 38.0 Å². The summed E-state index contributed by atoms with van der Waals surface area (Å²) >= 11 is 2.31. The Morgan fingerprint density at radius 1 is 1.38 bits per heavy atom. The van der Waals surface area contributed by atoms with Gasteiger partial charge in [0.25, 0.3) is 0 Å². The maximum atomic E-state index is 5.87. The Kier molecular flexibility index (Phi) is 3.55. The molecule has 0 spiro atoms. The number of benzene rings is 1. The van der Waals surface area contributed by atoms with Gasteiger partial charge in [-0.3, -0.25) is 0 Å². The number of hydrogen-bond donors (Lipinski definition) is 2. The summed E-state index contributed by atoms with van der Waals surface area (Å²) in [7, 11) is 0. The molecule has 0 saturated heterocycles. The summed E-state index contributed by atoms with van der Waals surface area (Å²) in [5, 5.41) is 3.32. The summed E-state index contributed by atoms with van der Waals surface area (Å²) in [5.41, 5.74) is 6.85. The van der Waals surface area contributed by atoms with E-state index in [0.29, 0.717) is 0 Å². The van der Waals surface area contributed by atoms with Crippen molar-refractivity contribution in [2.45, 2.75) is 19.4 Å². The van der Waals surface area contributed by atoms with Gasteiger partial charge in [-0.1, -0.05) is 12.1 Å². The first-order chi connectivity index (χ1) is 5.99. The molecule has 0 unspecified atom stereocenters. The van der Waals surface area contributed by atoms with E-state index >= 15 is 0 Å². The van der Waals surface area contributed by atoms with Gasteiger partial charge in [-0.05, 0) is 48.6 Å². The molecular formula is C10H15IN2. The molecule has 3 heteroatoms. The largest absolute Gasteiger partial charge is 0.382 e. The molecular weight excluding hydrogens is 275 g/mol. The Bertz CT molecular complexity index is 278. The van der Waals surface area contributed by atoms with Crippen molar-refractivity contribution >= 4 is 28.3 Å². The van der Waals surface area contributed by atoms with Crippen LogP contribution in [0.5, 0.6) is 0 Å². The van der Waals surface area contributed by atoms with Crippen molar-refractivity contribution in [2.24, 2.45) is 5.73 Å². The second-order valence-corrected chi connectivity index (χ2v) is 4.98. The highest BCUT2D eigenvalue weighted by Crippen LogP contribution is 2.17. The lowest BCUT2D eigenvalue weighted by Crippen LogP contribution is -2.39. The Balaban J connectivity index is 2.60. The van der Waals surface area contributed by atoms with Gasteiger partial charge < -0.3 is 11.1 Å². The fraction of sp³-hybridized carbons (Fsp3) is 0.400. The van der Waals surface area contributed by atoms with Gasteiger partial charge in [0, 0.05) is 21.3 Å². The van der Waals surface area contributed by atoms with Gasteiger partial charge in [-0.2, -0.15) is 0 Å². The predicted octanol–water partition coefficient (Wildman–Crippen LogP) is 2.44. The summed E-state index contributed by atoms with van der Waals surface area (Å²) in [6.07, 6.45) is 0. The zero-order valence-corrected chi connectivity index (χ0v) is 10.1. The second-order valence-electron chi connectivity index (χ2n) is 3.82. The van der Waals surface area contributed by atoms with Crippen molar-refractivity contribution in [3.63, 3.8) is 0 Å². The third-order valence-electron chi connectivity index (χ3n) is 1.61. The quantitative estimate of drug-likeness (QED) is 0.839. The highest BCUT2D eigenvalue weighted by molar-refractivity contribution is 14.1. The summed E-state index contributed by atoms with van der Waals surface area (Å²) in [4.78, 5) is 0. The van der Waals surface area contributed by atoms with E-state index in [0.717, 1.165) is 12.2 Å². The molecule has 0 aromatic heterocycles. The summed E-state index contributed by atoms with van der Waals surface area (Å²) in [6, 6.07) is 8.19. The molecule has 1 aromatic rings. The lowest BCUT2D eigenvalue weighted by atomic mass is 10.1. The van der Waals surface area contributed by atoms with Crippen LogP contribution in [0.3, 0.4) is 0 Å². The molecule has 72 valence electrons. The molecule has 1 rings (SSSR count). The molecule has 0 amide bonds. The van der Waals surface area contributed by atoms with Crippen LogP contribution in [0.15, 0.2) is 24.3 Å². The maximum absolute atomic E-state index is 5.87. The molecule has 13 heavy (non-hydrogen) atoms. The van der Waals surface area contributed by atoms with Gasteiger partial charge in [0.05, 0.1) is 0 Å². The van der Waals surface area contributed by atoms with Crippen LogP contribution in [0.1, 0.15) is 13.8 Å². The first-order valence-corrected chi connectivity index (χ1v) is 5.34. The van der Waals surface area contributed by atoms with Crippen LogP contribution in [-0.2, 0) is 0 Å². The number of rotatable bonds is 3. The Labute approximate surface area is 93.0 Å². The molecule has 0 atom stereocenters. The molecule has 0 fully saturated rings. The number of halogens is 1. The van der Waals surface area contributed by atoms with Gasteiger partial charge in [0.2, 0.25) is 0 Å². The molecule has 3 N–H and O–H groups in total. The van der Waals surface area contributed by atoms with Crippen LogP contribution in [0.25, 0.3) is 0 Å². The van der Waals surface area contributed by atoms with E-state index in [2.05, 4.69) is 40.0 Å². The first kappa shape index (κ1) is 10.8. The lowest BCUT2D eigenvalue weighted by molar-refractivity contribution is 0.549. The highest BCUT2D eigenvalue weighted by Gasteiger charge is 2.10. The van der Waals surface area contributed by atoms with Crippen molar-refractivity contribution in [1.82, 2.24) is 0 Å². The second kappa shape index (κ2) is 4.28. The Hall–Kier alpha value is -0.290. The molecule has 0 radical (unpaired) electrons. The van der Waals surface area contributed by atoms with Crippen LogP contribution in [0.4, 0.5) is 5.69 Å². The summed E-state index contributed by atoms with van der Waals surface area (Å²) in [5.74, 6) is 0. The van der Waals surface area contributed by atoms with Gasteiger partial charge in [-0.25, -0.2) is 0 Å². The highest BCUT2D eigenvalue weighted by atomic mass is 127. The SMILES string of the molecule is CC(C)(N)CNc1ccccc1I. The minimum atomic E-state index is -0.168. The maximum Gasteiger partial charge on any atom is 0.0476 e. The molecule has 0 saturated carbocycles. The number of nitrogens with one attached hydrogen (secondary N) is 1. The van der Waals surface area contributed by atoms with Crippen molar-refractivity contribution in [3.05, 3.63) is 27.8 Å². The number of para-hydroxylation sites is 1. The van der Waals surface area contributed by atoms with E-state index in [1.807, 2.05) is 26.0 Å². The van der Waals surface area contributed by atoms with E-state index in [1.54, 1.807) is 0 Å². The van der Waals surface area contributed by atoms with Gasteiger partial charge in [-0.15, -0.1) is 0 Å². The molecule has 0 bridgehead atoms. The Morgan fingerprint density at radius 3 is 2.54 bits per heavy atom. The molecule has 0 aliphatic rings. The minimum Gasteiger partial charge on any atom is -0.382 e. The van der Waals surface area contributed by atoms with Crippen LogP contribution >= 0.6 is 22.6 Å². The molecule has 0 aliphatic heterocycles. The van der Waals surface area contributed by atoms with E-state index < -0.39 is 0 Å². The van der Waals surface area contributed by atoms with Crippen LogP contribution in [0.2, 0.25) is 0 Å². The van der Waals surface area contributed by atoms with Crippen molar-refractivity contribution in [2.75, 3.05) is 11.9 Å². The predicted molar refractivity (Wildman–Crippen MR) is 65.9 cm³/mol. The molecule has 0 aliphatic carbocycles. The fourth-order valence-corrected chi connectivity index (χ4v) is 1.51. The van der Waals surface area contributed by atoms with Crippen LogP contribution in [-0.4, -0.2) is 12.1 Å². The van der Waals surface area contributed by atoms with E-state index in [1.165, 1.54) is 3.57 Å². The van der Waals surface area contributed by atoms with Crippen LogP contribution in [0, 0.1) is 3.57 Å². The smallest absolute Gasteiger partial charge is 0.0476 e. The minimum absolute atomic E-state index is 0.168. The van der Waals surface area contributed by atoms with Crippen molar-refractivity contribution in [3.8, 4) is 0 Å². The van der Waals surface area contributed by atoms with Crippen molar-refractivity contribution < 1.29 is 0 Å². The third-order valence-corrected chi connectivity index (χ3v) is 2.55. The monoisotopic (exact) mass is 290 g/mol. The summed E-state index contributed by atoms with van der Waals surface area (Å²) < 4.78 is 1.23. The van der Waals surface area contributed by atoms with Gasteiger partial charge in [0.1, 0.15) is 0 Å². The zero-order chi connectivity index (χ0) is 9.90. The molecule has 2 nitrogen and oxygen atoms in total. The number of nitrogens with two attached hydrogens (primary N) is 1. The van der Waals surface area contributed by atoms with E-state index in [9.17, 15) is 0 Å². The van der Waals surface area contributed by atoms with Gasteiger partial charge in [0.15, 0.2) is 0 Å². The zero-order valence-electron chi connectivity index (χ0n) is 7.97. The normalized spacial score (nSPS) is 11.4. The van der Waals surface area contributed by atoms with E-state index in [-0.39, 0.29) is 5.54 Å². The first-order valence-electron chi connectivity index (χ1n) is 4.26. The Morgan fingerprint density at radius 2 is 2.00 bits per heavy atom. The number of hydrogen-bond acceptors (Lipinski definition) is 2. The third kappa shape index (κ3) is 3.95.